The molecule has 1 atom stereocenters. The number of carbonyl (C=O) groups is 1. The van der Waals surface area contributed by atoms with E-state index in [1.807, 2.05) is 4.90 Å². The SMILES string of the molecule is CCCC(CCC)C(=O)N1CCCC1CN. The van der Waals surface area contributed by atoms with Crippen molar-refractivity contribution in [3.8, 4) is 0 Å². The van der Waals surface area contributed by atoms with Crippen molar-refractivity contribution < 1.29 is 4.79 Å². The summed E-state index contributed by atoms with van der Waals surface area (Å²) < 4.78 is 0. The molecule has 3 nitrogen and oxygen atoms in total. The summed E-state index contributed by atoms with van der Waals surface area (Å²) in [6.45, 7) is 5.85. The van der Waals surface area contributed by atoms with Crippen molar-refractivity contribution >= 4 is 5.91 Å². The zero-order valence-corrected chi connectivity index (χ0v) is 10.7. The molecule has 0 radical (unpaired) electrons. The average molecular weight is 226 g/mol. The predicted octanol–water partition coefficient (Wildman–Crippen LogP) is 2.15. The highest BCUT2D eigenvalue weighted by Gasteiger charge is 2.31. The van der Waals surface area contributed by atoms with Crippen molar-refractivity contribution in [1.82, 2.24) is 4.90 Å². The summed E-state index contributed by atoms with van der Waals surface area (Å²) in [4.78, 5) is 14.4. The van der Waals surface area contributed by atoms with E-state index in [0.717, 1.165) is 45.1 Å². The minimum Gasteiger partial charge on any atom is -0.338 e. The Morgan fingerprint density at radius 1 is 1.38 bits per heavy atom. The third-order valence-electron chi connectivity index (χ3n) is 3.56. The van der Waals surface area contributed by atoms with Crippen LogP contribution in [0.25, 0.3) is 0 Å². The van der Waals surface area contributed by atoms with Gasteiger partial charge in [-0.15, -0.1) is 0 Å². The predicted molar refractivity (Wildman–Crippen MR) is 67.1 cm³/mol. The summed E-state index contributed by atoms with van der Waals surface area (Å²) in [6, 6.07) is 0.309. The van der Waals surface area contributed by atoms with Gasteiger partial charge in [-0.2, -0.15) is 0 Å². The van der Waals surface area contributed by atoms with E-state index in [4.69, 9.17) is 5.73 Å². The fourth-order valence-corrected chi connectivity index (χ4v) is 2.69. The average Bonchev–Trinajstić information content (AvgIpc) is 2.75. The third kappa shape index (κ3) is 3.21. The lowest BCUT2D eigenvalue weighted by Crippen LogP contribution is -2.43. The van der Waals surface area contributed by atoms with E-state index in [9.17, 15) is 4.79 Å². The molecule has 1 aliphatic heterocycles. The molecule has 1 fully saturated rings. The second-order valence-electron chi connectivity index (χ2n) is 4.84. The first-order valence-electron chi connectivity index (χ1n) is 6.75. The van der Waals surface area contributed by atoms with Gasteiger partial charge in [-0.25, -0.2) is 0 Å². The van der Waals surface area contributed by atoms with Crippen LogP contribution in [-0.4, -0.2) is 29.9 Å². The second-order valence-corrected chi connectivity index (χ2v) is 4.84. The molecule has 1 heterocycles. The summed E-state index contributed by atoms with van der Waals surface area (Å²) >= 11 is 0. The molecule has 1 amide bonds. The lowest BCUT2D eigenvalue weighted by Gasteiger charge is -2.28. The Balaban J connectivity index is 2.58. The molecule has 16 heavy (non-hydrogen) atoms. The van der Waals surface area contributed by atoms with Gasteiger partial charge in [-0.3, -0.25) is 4.79 Å². The molecule has 2 N–H and O–H groups in total. The first kappa shape index (κ1) is 13.5. The van der Waals surface area contributed by atoms with Crippen LogP contribution in [0, 0.1) is 5.92 Å². The maximum absolute atomic E-state index is 12.4. The zero-order valence-electron chi connectivity index (χ0n) is 10.7. The maximum atomic E-state index is 12.4. The van der Waals surface area contributed by atoms with Crippen LogP contribution in [0.5, 0.6) is 0 Å². The van der Waals surface area contributed by atoms with Crippen molar-refractivity contribution in [3.05, 3.63) is 0 Å². The van der Waals surface area contributed by atoms with Crippen molar-refractivity contribution in [2.75, 3.05) is 13.1 Å². The highest BCUT2D eigenvalue weighted by atomic mass is 16.2. The van der Waals surface area contributed by atoms with Gasteiger partial charge in [0.15, 0.2) is 0 Å². The number of nitrogens with zero attached hydrogens (tertiary/aromatic N) is 1. The van der Waals surface area contributed by atoms with Gasteiger partial charge >= 0.3 is 0 Å². The summed E-state index contributed by atoms with van der Waals surface area (Å²) in [5.74, 6) is 0.596. The highest BCUT2D eigenvalue weighted by Crippen LogP contribution is 2.23. The van der Waals surface area contributed by atoms with Crippen molar-refractivity contribution in [3.63, 3.8) is 0 Å². The molecule has 1 rings (SSSR count). The molecule has 0 bridgehead atoms. The fourth-order valence-electron chi connectivity index (χ4n) is 2.69. The Bertz CT molecular complexity index is 212. The largest absolute Gasteiger partial charge is 0.338 e. The normalized spacial score (nSPS) is 20.8. The quantitative estimate of drug-likeness (QED) is 0.754. The van der Waals surface area contributed by atoms with Crippen LogP contribution in [0.15, 0.2) is 0 Å². The number of rotatable bonds is 6. The molecule has 0 saturated carbocycles. The molecule has 0 spiro atoms. The molecule has 0 aromatic heterocycles. The van der Waals surface area contributed by atoms with Gasteiger partial charge in [0.05, 0.1) is 0 Å². The summed E-state index contributed by atoms with van der Waals surface area (Å²) in [6.07, 6.45) is 6.46. The monoisotopic (exact) mass is 226 g/mol. The van der Waals surface area contributed by atoms with Gasteiger partial charge in [0, 0.05) is 25.0 Å². The molecule has 1 aliphatic rings. The number of likely N-dealkylation sites (tertiary alicyclic amines) is 1. The molecule has 3 heteroatoms. The summed E-state index contributed by atoms with van der Waals surface area (Å²) in [7, 11) is 0. The van der Waals surface area contributed by atoms with E-state index in [0.29, 0.717) is 18.5 Å². The molecule has 1 unspecified atom stereocenters. The Hall–Kier alpha value is -0.570. The van der Waals surface area contributed by atoms with E-state index in [1.54, 1.807) is 0 Å². The first-order chi connectivity index (χ1) is 7.74. The van der Waals surface area contributed by atoms with Crippen LogP contribution in [0.2, 0.25) is 0 Å². The van der Waals surface area contributed by atoms with Gasteiger partial charge in [0.1, 0.15) is 0 Å². The van der Waals surface area contributed by atoms with Crippen molar-refractivity contribution in [2.45, 2.75) is 58.4 Å². The molecular weight excluding hydrogens is 200 g/mol. The first-order valence-corrected chi connectivity index (χ1v) is 6.75. The van der Waals surface area contributed by atoms with Crippen LogP contribution in [0.3, 0.4) is 0 Å². The smallest absolute Gasteiger partial charge is 0.225 e. The topological polar surface area (TPSA) is 46.3 Å². The lowest BCUT2D eigenvalue weighted by molar-refractivity contribution is -0.136. The minimum absolute atomic E-state index is 0.238. The molecule has 0 aromatic rings. The molecule has 94 valence electrons. The van der Waals surface area contributed by atoms with E-state index >= 15 is 0 Å². The van der Waals surface area contributed by atoms with Crippen LogP contribution < -0.4 is 5.73 Å². The van der Waals surface area contributed by atoms with E-state index in [-0.39, 0.29) is 5.92 Å². The van der Waals surface area contributed by atoms with E-state index in [2.05, 4.69) is 13.8 Å². The van der Waals surface area contributed by atoms with E-state index in [1.165, 1.54) is 0 Å². The summed E-state index contributed by atoms with van der Waals surface area (Å²) in [5.41, 5.74) is 5.72. The van der Waals surface area contributed by atoms with Gasteiger partial charge < -0.3 is 10.6 Å². The van der Waals surface area contributed by atoms with Crippen LogP contribution in [0.4, 0.5) is 0 Å². The number of carbonyl (C=O) groups excluding carboxylic acids is 1. The van der Waals surface area contributed by atoms with Gasteiger partial charge in [-0.05, 0) is 25.7 Å². The van der Waals surface area contributed by atoms with Crippen LogP contribution in [0.1, 0.15) is 52.4 Å². The number of amides is 1. The van der Waals surface area contributed by atoms with Gasteiger partial charge in [0.25, 0.3) is 0 Å². The second kappa shape index (κ2) is 6.89. The number of nitrogens with two attached hydrogens (primary N) is 1. The number of hydrogen-bond acceptors (Lipinski definition) is 2. The zero-order chi connectivity index (χ0) is 12.0. The number of hydrogen-bond donors (Lipinski definition) is 1. The van der Waals surface area contributed by atoms with Gasteiger partial charge in [-0.1, -0.05) is 26.7 Å². The Morgan fingerprint density at radius 3 is 2.50 bits per heavy atom. The minimum atomic E-state index is 0.238. The molecular formula is C13H26N2O. The molecule has 0 aromatic carbocycles. The summed E-state index contributed by atoms with van der Waals surface area (Å²) in [5, 5.41) is 0. The lowest BCUT2D eigenvalue weighted by atomic mass is 9.96. The molecule has 1 saturated heterocycles. The van der Waals surface area contributed by atoms with E-state index < -0.39 is 0 Å². The Morgan fingerprint density at radius 2 is 2.00 bits per heavy atom. The Labute approximate surface area is 99.4 Å². The van der Waals surface area contributed by atoms with Crippen molar-refractivity contribution in [1.29, 1.82) is 0 Å². The fraction of sp³-hybridized carbons (Fsp3) is 0.923. The van der Waals surface area contributed by atoms with Gasteiger partial charge in [0.2, 0.25) is 5.91 Å². The highest BCUT2D eigenvalue weighted by molar-refractivity contribution is 5.79. The third-order valence-corrected chi connectivity index (χ3v) is 3.56. The maximum Gasteiger partial charge on any atom is 0.225 e. The van der Waals surface area contributed by atoms with Crippen molar-refractivity contribution in [2.24, 2.45) is 11.7 Å². The van der Waals surface area contributed by atoms with Crippen LogP contribution >= 0.6 is 0 Å². The standard InChI is InChI=1S/C13H26N2O/c1-3-6-11(7-4-2)13(16)15-9-5-8-12(15)10-14/h11-12H,3-10,14H2,1-2H3. The Kier molecular flexibility index (Phi) is 5.81. The van der Waals surface area contributed by atoms with Crippen LogP contribution in [-0.2, 0) is 4.79 Å². The molecule has 0 aliphatic carbocycles.